The first kappa shape index (κ1) is 25.7. The number of Topliss-reactive ketones (excluding diaryl/α,β-unsaturated/α-hetero) is 1. The van der Waals surface area contributed by atoms with Gasteiger partial charge in [0.25, 0.3) is 5.91 Å². The molecule has 1 atom stereocenters. The van der Waals surface area contributed by atoms with Crippen LogP contribution in [0.1, 0.15) is 49.3 Å². The van der Waals surface area contributed by atoms with E-state index in [-0.39, 0.29) is 16.4 Å². The van der Waals surface area contributed by atoms with E-state index in [2.05, 4.69) is 32.2 Å². The van der Waals surface area contributed by atoms with Gasteiger partial charge in [0.15, 0.2) is 5.78 Å². The Morgan fingerprint density at radius 1 is 1.05 bits per heavy atom. The van der Waals surface area contributed by atoms with Gasteiger partial charge in [-0.1, -0.05) is 29.8 Å². The van der Waals surface area contributed by atoms with E-state index in [9.17, 15) is 14.0 Å². The number of fused-ring (bicyclic) bond motifs is 2. The summed E-state index contributed by atoms with van der Waals surface area (Å²) in [5.74, 6) is -1.03. The van der Waals surface area contributed by atoms with E-state index in [0.29, 0.717) is 17.8 Å². The quantitative estimate of drug-likeness (QED) is 0.287. The highest BCUT2D eigenvalue weighted by molar-refractivity contribution is 6.34. The standard InChI is InChI=1S/C30H28ClFN4O2/c1-18-14-21(33-30(38)24-11-8-20(32)15-25(24)31)9-12-23(18)29(37)28-27-13-10-22(17-35(2)3)36(27)16-19-6-4-5-7-26(19)34-28/h4-15,28,34H,16-17H2,1-3H3,(H,33,38). The number of halogens is 2. The van der Waals surface area contributed by atoms with Gasteiger partial charge < -0.3 is 20.1 Å². The second-order valence-electron chi connectivity index (χ2n) is 9.78. The number of nitrogens with one attached hydrogen (secondary N) is 2. The smallest absolute Gasteiger partial charge is 0.257 e. The van der Waals surface area contributed by atoms with Gasteiger partial charge >= 0.3 is 0 Å². The first-order chi connectivity index (χ1) is 18.2. The number of anilines is 2. The van der Waals surface area contributed by atoms with Crippen molar-refractivity contribution in [3.05, 3.63) is 117 Å². The first-order valence-corrected chi connectivity index (χ1v) is 12.7. The summed E-state index contributed by atoms with van der Waals surface area (Å²) >= 11 is 6.04. The van der Waals surface area contributed by atoms with E-state index >= 15 is 0 Å². The topological polar surface area (TPSA) is 66.4 Å². The number of para-hydroxylation sites is 1. The van der Waals surface area contributed by atoms with Gasteiger partial charge in [0.1, 0.15) is 11.9 Å². The van der Waals surface area contributed by atoms with Gasteiger partial charge in [-0.2, -0.15) is 0 Å². The third-order valence-electron chi connectivity index (χ3n) is 6.71. The van der Waals surface area contributed by atoms with Crippen molar-refractivity contribution < 1.29 is 14.0 Å². The van der Waals surface area contributed by atoms with E-state index < -0.39 is 17.8 Å². The minimum atomic E-state index is -0.577. The molecule has 4 aromatic rings. The van der Waals surface area contributed by atoms with Gasteiger partial charge in [-0.3, -0.25) is 9.59 Å². The van der Waals surface area contributed by atoms with Gasteiger partial charge in [0.2, 0.25) is 0 Å². The Hall–Kier alpha value is -3.94. The molecule has 1 aromatic heterocycles. The maximum absolute atomic E-state index is 14.0. The highest BCUT2D eigenvalue weighted by Crippen LogP contribution is 2.33. The Morgan fingerprint density at radius 3 is 2.55 bits per heavy atom. The highest BCUT2D eigenvalue weighted by atomic mass is 35.5. The molecule has 0 spiro atoms. The molecule has 0 bridgehead atoms. The van der Waals surface area contributed by atoms with Crippen LogP contribution in [0.15, 0.2) is 72.8 Å². The molecular weight excluding hydrogens is 503 g/mol. The van der Waals surface area contributed by atoms with Gasteiger partial charge in [-0.15, -0.1) is 0 Å². The fraction of sp³-hybridized carbons (Fsp3) is 0.200. The zero-order valence-corrected chi connectivity index (χ0v) is 22.1. The lowest BCUT2D eigenvalue weighted by atomic mass is 9.96. The fourth-order valence-electron chi connectivity index (χ4n) is 4.88. The summed E-state index contributed by atoms with van der Waals surface area (Å²) in [6, 6.07) is 20.4. The molecule has 194 valence electrons. The first-order valence-electron chi connectivity index (χ1n) is 12.3. The van der Waals surface area contributed by atoms with E-state index in [1.807, 2.05) is 45.3 Å². The fourth-order valence-corrected chi connectivity index (χ4v) is 5.13. The van der Waals surface area contributed by atoms with E-state index in [4.69, 9.17) is 11.6 Å². The van der Waals surface area contributed by atoms with Crippen molar-refractivity contribution in [3.8, 4) is 0 Å². The number of carbonyl (C=O) groups is 2. The molecule has 6 nitrogen and oxygen atoms in total. The number of amides is 1. The van der Waals surface area contributed by atoms with Crippen molar-refractivity contribution in [2.75, 3.05) is 24.7 Å². The van der Waals surface area contributed by atoms with Crippen LogP contribution < -0.4 is 10.6 Å². The average molecular weight is 531 g/mol. The summed E-state index contributed by atoms with van der Waals surface area (Å²) in [6.45, 7) is 3.28. The molecule has 1 amide bonds. The molecule has 2 N–H and O–H groups in total. The van der Waals surface area contributed by atoms with E-state index in [1.165, 1.54) is 12.1 Å². The number of rotatable bonds is 6. The Bertz CT molecular complexity index is 1550. The van der Waals surface area contributed by atoms with Crippen molar-refractivity contribution in [2.24, 2.45) is 0 Å². The molecule has 5 rings (SSSR count). The number of benzene rings is 3. The lowest BCUT2D eigenvalue weighted by Crippen LogP contribution is -2.24. The molecule has 38 heavy (non-hydrogen) atoms. The third-order valence-corrected chi connectivity index (χ3v) is 7.02. The van der Waals surface area contributed by atoms with Crippen LogP contribution >= 0.6 is 11.6 Å². The number of carbonyl (C=O) groups excluding carboxylic acids is 2. The molecule has 0 radical (unpaired) electrons. The number of aryl methyl sites for hydroxylation is 1. The van der Waals surface area contributed by atoms with Crippen LogP contribution in [0.5, 0.6) is 0 Å². The lowest BCUT2D eigenvalue weighted by molar-refractivity contribution is 0.0965. The zero-order chi connectivity index (χ0) is 27.0. The number of aromatic nitrogens is 1. The lowest BCUT2D eigenvalue weighted by Gasteiger charge is -2.20. The van der Waals surface area contributed by atoms with Crippen LogP contribution in [0.3, 0.4) is 0 Å². The second-order valence-corrected chi connectivity index (χ2v) is 10.2. The summed E-state index contributed by atoms with van der Waals surface area (Å²) in [5, 5.41) is 6.30. The predicted molar refractivity (Wildman–Crippen MR) is 149 cm³/mol. The Kier molecular flexibility index (Phi) is 7.06. The maximum Gasteiger partial charge on any atom is 0.257 e. The molecule has 0 saturated heterocycles. The van der Waals surface area contributed by atoms with Crippen molar-refractivity contribution in [1.82, 2.24) is 9.47 Å². The number of hydrogen-bond acceptors (Lipinski definition) is 4. The van der Waals surface area contributed by atoms with E-state index in [1.54, 1.807) is 18.2 Å². The van der Waals surface area contributed by atoms with Crippen LogP contribution in [0.2, 0.25) is 5.02 Å². The van der Waals surface area contributed by atoms with Crippen LogP contribution in [0.4, 0.5) is 15.8 Å². The van der Waals surface area contributed by atoms with Crippen LogP contribution in [0, 0.1) is 12.7 Å². The van der Waals surface area contributed by atoms with Crippen molar-refractivity contribution in [3.63, 3.8) is 0 Å². The molecule has 0 saturated carbocycles. The SMILES string of the molecule is Cc1cc(NC(=O)c2ccc(F)cc2Cl)ccc1C(=O)C1Nc2ccccc2Cn2c(CN(C)C)ccc21. The van der Waals surface area contributed by atoms with Crippen LogP contribution in [-0.2, 0) is 13.1 Å². The van der Waals surface area contributed by atoms with Gasteiger partial charge in [-0.25, -0.2) is 4.39 Å². The maximum atomic E-state index is 14.0. The molecule has 1 aliphatic heterocycles. The highest BCUT2D eigenvalue weighted by Gasteiger charge is 2.30. The summed E-state index contributed by atoms with van der Waals surface area (Å²) < 4.78 is 15.6. The monoisotopic (exact) mass is 530 g/mol. The summed E-state index contributed by atoms with van der Waals surface area (Å²) in [5.41, 5.74) is 6.06. The number of nitrogens with zero attached hydrogens (tertiary/aromatic N) is 2. The number of hydrogen-bond donors (Lipinski definition) is 2. The van der Waals surface area contributed by atoms with Crippen molar-refractivity contribution in [2.45, 2.75) is 26.1 Å². The van der Waals surface area contributed by atoms with Crippen molar-refractivity contribution in [1.29, 1.82) is 0 Å². The number of ketones is 1. The van der Waals surface area contributed by atoms with Crippen molar-refractivity contribution >= 4 is 34.7 Å². The van der Waals surface area contributed by atoms with Gasteiger partial charge in [-0.05, 0) is 86.7 Å². The third kappa shape index (κ3) is 5.08. The van der Waals surface area contributed by atoms with Crippen LogP contribution in [0.25, 0.3) is 0 Å². The summed E-state index contributed by atoms with van der Waals surface area (Å²) in [6.07, 6.45) is 0. The molecule has 8 heteroatoms. The van der Waals surface area contributed by atoms with Crippen LogP contribution in [-0.4, -0.2) is 35.3 Å². The molecule has 2 heterocycles. The second kappa shape index (κ2) is 10.4. The Balaban J connectivity index is 1.45. The summed E-state index contributed by atoms with van der Waals surface area (Å²) in [7, 11) is 4.05. The molecule has 1 aliphatic rings. The Morgan fingerprint density at radius 2 is 1.82 bits per heavy atom. The average Bonchev–Trinajstić information content (AvgIpc) is 3.15. The molecule has 1 unspecified atom stereocenters. The summed E-state index contributed by atoms with van der Waals surface area (Å²) in [4.78, 5) is 28.8. The molecule has 0 fully saturated rings. The van der Waals surface area contributed by atoms with E-state index in [0.717, 1.165) is 40.8 Å². The minimum Gasteiger partial charge on any atom is -0.370 e. The zero-order valence-electron chi connectivity index (χ0n) is 21.4. The minimum absolute atomic E-state index is 0.0300. The van der Waals surface area contributed by atoms with Gasteiger partial charge in [0, 0.05) is 41.4 Å². The molecular formula is C30H28ClFN4O2. The normalized spacial score (nSPS) is 14.3. The van der Waals surface area contributed by atoms with Gasteiger partial charge in [0.05, 0.1) is 10.6 Å². The Labute approximate surface area is 226 Å². The molecule has 0 aliphatic carbocycles. The largest absolute Gasteiger partial charge is 0.370 e. The molecule has 3 aromatic carbocycles. The predicted octanol–water partition coefficient (Wildman–Crippen LogP) is 6.30.